The minimum atomic E-state index is 0.154. The Hall–Kier alpha value is -2.55. The normalized spacial score (nSPS) is 15.6. The number of rotatable bonds is 9. The fourth-order valence-corrected chi connectivity index (χ4v) is 4.28. The second-order valence-corrected chi connectivity index (χ2v) is 9.70. The minimum Gasteiger partial charge on any atom is -0.363 e. The average molecular weight is 419 g/mol. The van der Waals surface area contributed by atoms with E-state index in [1.54, 1.807) is 0 Å². The lowest BCUT2D eigenvalue weighted by Crippen LogP contribution is -2.24. The molecule has 0 saturated carbocycles. The molecule has 1 aliphatic heterocycles. The Kier molecular flexibility index (Phi) is 7.59. The van der Waals surface area contributed by atoms with Gasteiger partial charge in [0.1, 0.15) is 5.82 Å². The molecule has 0 atom stereocenters. The number of carbonyl (C=O) groups is 1. The number of hydrogen-bond acceptors (Lipinski definition) is 2. The molecule has 2 aromatic rings. The molecule has 0 aliphatic carbocycles. The zero-order valence-corrected chi connectivity index (χ0v) is 19.9. The molecule has 2 aromatic carbocycles. The molecule has 1 amide bonds. The first-order valence-corrected chi connectivity index (χ1v) is 11.7. The maximum atomic E-state index is 12.5. The topological polar surface area (TPSA) is 32.3 Å². The summed E-state index contributed by atoms with van der Waals surface area (Å²) in [6, 6.07) is 15.1. The van der Waals surface area contributed by atoms with Crippen molar-refractivity contribution in [1.82, 2.24) is 10.2 Å². The van der Waals surface area contributed by atoms with Crippen molar-refractivity contribution in [3.05, 3.63) is 82.2 Å². The van der Waals surface area contributed by atoms with Crippen molar-refractivity contribution in [2.45, 2.75) is 73.3 Å². The molecular weight excluding hydrogens is 380 g/mol. The number of benzene rings is 2. The van der Waals surface area contributed by atoms with E-state index in [1.807, 2.05) is 4.90 Å². The summed E-state index contributed by atoms with van der Waals surface area (Å²) in [5.41, 5.74) is 7.01. The van der Waals surface area contributed by atoms with E-state index in [1.165, 1.54) is 34.2 Å². The van der Waals surface area contributed by atoms with E-state index in [9.17, 15) is 4.79 Å². The number of unbranched alkanes of at least 4 members (excludes halogenated alkanes) is 1. The summed E-state index contributed by atoms with van der Waals surface area (Å²) in [5, 5.41) is 3.29. The van der Waals surface area contributed by atoms with Gasteiger partial charge in [0.2, 0.25) is 5.91 Å². The summed E-state index contributed by atoms with van der Waals surface area (Å²) in [7, 11) is 0. The maximum absolute atomic E-state index is 12.5. The molecule has 0 unspecified atom stereocenters. The molecular formula is C28H38N2O. The van der Waals surface area contributed by atoms with E-state index in [0.717, 1.165) is 31.5 Å². The molecule has 31 heavy (non-hydrogen) atoms. The van der Waals surface area contributed by atoms with E-state index in [2.05, 4.69) is 88.5 Å². The van der Waals surface area contributed by atoms with Crippen molar-refractivity contribution in [2.24, 2.45) is 5.41 Å². The number of allylic oxidation sites excluding steroid dienone is 1. The van der Waals surface area contributed by atoms with Gasteiger partial charge in [-0.05, 0) is 78.8 Å². The maximum Gasteiger partial charge on any atom is 0.247 e. The molecule has 1 saturated heterocycles. The Morgan fingerprint density at radius 3 is 2.39 bits per heavy atom. The number of aryl methyl sites for hydroxylation is 3. The van der Waals surface area contributed by atoms with Crippen molar-refractivity contribution < 1.29 is 4.79 Å². The van der Waals surface area contributed by atoms with Crippen molar-refractivity contribution in [3.8, 4) is 0 Å². The van der Waals surface area contributed by atoms with Gasteiger partial charge in [0, 0.05) is 0 Å². The van der Waals surface area contributed by atoms with Gasteiger partial charge in [0.15, 0.2) is 0 Å². The van der Waals surface area contributed by atoms with Gasteiger partial charge in [0.25, 0.3) is 0 Å². The lowest BCUT2D eigenvalue weighted by molar-refractivity contribution is -0.126. The summed E-state index contributed by atoms with van der Waals surface area (Å²) < 4.78 is 0. The van der Waals surface area contributed by atoms with Gasteiger partial charge in [0.05, 0.1) is 13.1 Å². The Balaban J connectivity index is 1.66. The highest BCUT2D eigenvalue weighted by Gasteiger charge is 2.25. The van der Waals surface area contributed by atoms with Crippen LogP contribution in [0.3, 0.4) is 0 Å². The highest BCUT2D eigenvalue weighted by Crippen LogP contribution is 2.30. The van der Waals surface area contributed by atoms with Gasteiger partial charge in [-0.15, -0.1) is 0 Å². The SMILES string of the molecule is CCC(C)(C)Cc1c(C)cc(CN2C(=O)CN/C2=C\CCCc2ccccc2)cc1C. The molecule has 1 N–H and O–H groups in total. The van der Waals surface area contributed by atoms with Crippen molar-refractivity contribution in [2.75, 3.05) is 6.54 Å². The number of nitrogens with one attached hydrogen (secondary N) is 1. The predicted molar refractivity (Wildman–Crippen MR) is 130 cm³/mol. The van der Waals surface area contributed by atoms with Crippen LogP contribution in [-0.2, 0) is 24.2 Å². The third-order valence-corrected chi connectivity index (χ3v) is 6.57. The fraction of sp³-hybridized carbons (Fsp3) is 0.464. The van der Waals surface area contributed by atoms with Crippen LogP contribution in [0.1, 0.15) is 67.9 Å². The standard InChI is InChI=1S/C28H38N2O/c1-6-28(4,5)18-25-21(2)16-24(17-22(25)3)20-30-26(29-19-27(30)31)15-11-10-14-23-12-8-7-9-13-23/h7-9,12-13,15-17,29H,6,10-11,14,18-20H2,1-5H3/b26-15+. The molecule has 0 spiro atoms. The molecule has 3 nitrogen and oxygen atoms in total. The molecule has 0 radical (unpaired) electrons. The molecule has 1 heterocycles. The van der Waals surface area contributed by atoms with Crippen LogP contribution in [0.2, 0.25) is 0 Å². The highest BCUT2D eigenvalue weighted by molar-refractivity contribution is 5.83. The molecule has 166 valence electrons. The first kappa shape index (κ1) is 23.1. The van der Waals surface area contributed by atoms with Crippen LogP contribution < -0.4 is 5.32 Å². The summed E-state index contributed by atoms with van der Waals surface area (Å²) in [4.78, 5) is 14.4. The van der Waals surface area contributed by atoms with E-state index in [-0.39, 0.29) is 5.91 Å². The Morgan fingerprint density at radius 1 is 1.06 bits per heavy atom. The summed E-state index contributed by atoms with van der Waals surface area (Å²) in [6.45, 7) is 12.4. The third-order valence-electron chi connectivity index (χ3n) is 6.57. The number of carbonyl (C=O) groups excluding carboxylic acids is 1. The molecule has 1 aliphatic rings. The summed E-state index contributed by atoms with van der Waals surface area (Å²) in [6.07, 6.45) is 7.55. The number of hydrogen-bond donors (Lipinski definition) is 1. The predicted octanol–water partition coefficient (Wildman–Crippen LogP) is 6.08. The molecule has 3 rings (SSSR count). The van der Waals surface area contributed by atoms with Gasteiger partial charge < -0.3 is 5.32 Å². The molecule has 1 fully saturated rings. The Morgan fingerprint density at radius 2 is 1.74 bits per heavy atom. The van der Waals surface area contributed by atoms with Crippen LogP contribution in [0.5, 0.6) is 0 Å². The lowest BCUT2D eigenvalue weighted by Gasteiger charge is -2.26. The molecule has 0 aromatic heterocycles. The van der Waals surface area contributed by atoms with E-state index < -0.39 is 0 Å². The second kappa shape index (κ2) is 10.2. The fourth-order valence-electron chi connectivity index (χ4n) is 4.28. The summed E-state index contributed by atoms with van der Waals surface area (Å²) in [5.74, 6) is 1.12. The minimum absolute atomic E-state index is 0.154. The van der Waals surface area contributed by atoms with Gasteiger partial charge in [-0.3, -0.25) is 9.69 Å². The van der Waals surface area contributed by atoms with Crippen molar-refractivity contribution in [1.29, 1.82) is 0 Å². The average Bonchev–Trinajstić information content (AvgIpc) is 3.08. The van der Waals surface area contributed by atoms with Crippen LogP contribution in [0.4, 0.5) is 0 Å². The van der Waals surface area contributed by atoms with Crippen LogP contribution in [0, 0.1) is 19.3 Å². The molecule has 0 bridgehead atoms. The van der Waals surface area contributed by atoms with Crippen LogP contribution in [0.25, 0.3) is 0 Å². The first-order valence-electron chi connectivity index (χ1n) is 11.7. The first-order chi connectivity index (χ1) is 14.8. The van der Waals surface area contributed by atoms with Gasteiger partial charge in [-0.25, -0.2) is 0 Å². The monoisotopic (exact) mass is 418 g/mol. The van der Waals surface area contributed by atoms with E-state index in [0.29, 0.717) is 18.5 Å². The number of amides is 1. The van der Waals surface area contributed by atoms with Gasteiger partial charge in [-0.2, -0.15) is 0 Å². The largest absolute Gasteiger partial charge is 0.363 e. The Labute approximate surface area is 188 Å². The quantitative estimate of drug-likeness (QED) is 0.501. The van der Waals surface area contributed by atoms with Gasteiger partial charge >= 0.3 is 0 Å². The smallest absolute Gasteiger partial charge is 0.247 e. The zero-order valence-electron chi connectivity index (χ0n) is 19.9. The van der Waals surface area contributed by atoms with Crippen molar-refractivity contribution >= 4 is 5.91 Å². The molecule has 3 heteroatoms. The Bertz CT molecular complexity index is 904. The summed E-state index contributed by atoms with van der Waals surface area (Å²) >= 11 is 0. The van der Waals surface area contributed by atoms with Crippen LogP contribution in [-0.4, -0.2) is 17.4 Å². The highest BCUT2D eigenvalue weighted by atomic mass is 16.2. The van der Waals surface area contributed by atoms with Gasteiger partial charge in [-0.1, -0.05) is 69.7 Å². The van der Waals surface area contributed by atoms with E-state index >= 15 is 0 Å². The second-order valence-electron chi connectivity index (χ2n) is 9.70. The van der Waals surface area contributed by atoms with Crippen LogP contribution >= 0.6 is 0 Å². The number of nitrogens with zero attached hydrogens (tertiary/aromatic N) is 1. The van der Waals surface area contributed by atoms with Crippen LogP contribution in [0.15, 0.2) is 54.4 Å². The lowest BCUT2D eigenvalue weighted by atomic mass is 9.80. The van der Waals surface area contributed by atoms with E-state index in [4.69, 9.17) is 0 Å². The van der Waals surface area contributed by atoms with Crippen molar-refractivity contribution in [3.63, 3.8) is 0 Å². The zero-order chi connectivity index (χ0) is 22.4. The third kappa shape index (κ3) is 6.22.